The molecule has 1 rings (SSSR count). The van der Waals surface area contributed by atoms with E-state index in [4.69, 9.17) is 0 Å². The van der Waals surface area contributed by atoms with Gasteiger partial charge in [-0.1, -0.05) is 45.4 Å². The van der Waals surface area contributed by atoms with Gasteiger partial charge in [0.15, 0.2) is 0 Å². The molecule has 0 bridgehead atoms. The Hall–Kier alpha value is -0.780. The van der Waals surface area contributed by atoms with Crippen molar-refractivity contribution in [2.75, 3.05) is 0 Å². The van der Waals surface area contributed by atoms with Gasteiger partial charge in [0.2, 0.25) is 0 Å². The molecule has 2 atom stereocenters. The molecule has 0 spiro atoms. The van der Waals surface area contributed by atoms with E-state index in [2.05, 4.69) is 52.8 Å². The first-order valence-electron chi connectivity index (χ1n) is 5.63. The standard InChI is InChI=1S/C14H22/c1-6-10(2)13(5)14-8-7-11(3)12(4)9-14/h7-10,13H,6H2,1-5H3. The summed E-state index contributed by atoms with van der Waals surface area (Å²) in [7, 11) is 0. The Labute approximate surface area is 88.4 Å². The fourth-order valence-electron chi connectivity index (χ4n) is 1.73. The van der Waals surface area contributed by atoms with Gasteiger partial charge in [-0.2, -0.15) is 0 Å². The Morgan fingerprint density at radius 2 is 1.71 bits per heavy atom. The molecular formula is C14H22. The van der Waals surface area contributed by atoms with E-state index < -0.39 is 0 Å². The summed E-state index contributed by atoms with van der Waals surface area (Å²) in [6.45, 7) is 11.3. The molecule has 0 radical (unpaired) electrons. The molecule has 0 heterocycles. The predicted molar refractivity (Wildman–Crippen MR) is 63.8 cm³/mol. The molecule has 0 fully saturated rings. The van der Waals surface area contributed by atoms with E-state index in [-0.39, 0.29) is 0 Å². The lowest BCUT2D eigenvalue weighted by atomic mass is 9.86. The van der Waals surface area contributed by atoms with Crippen LogP contribution in [0.2, 0.25) is 0 Å². The molecule has 1 aromatic rings. The van der Waals surface area contributed by atoms with Crippen molar-refractivity contribution >= 4 is 0 Å². The molecule has 0 nitrogen and oxygen atoms in total. The van der Waals surface area contributed by atoms with Gasteiger partial charge in [-0.25, -0.2) is 0 Å². The van der Waals surface area contributed by atoms with Crippen LogP contribution < -0.4 is 0 Å². The maximum atomic E-state index is 2.34. The average Bonchev–Trinajstić information content (AvgIpc) is 2.20. The van der Waals surface area contributed by atoms with Crippen LogP contribution >= 0.6 is 0 Å². The minimum atomic E-state index is 0.680. The zero-order chi connectivity index (χ0) is 10.7. The molecule has 14 heavy (non-hydrogen) atoms. The topological polar surface area (TPSA) is 0 Å². The van der Waals surface area contributed by atoms with Crippen LogP contribution in [0.3, 0.4) is 0 Å². The molecule has 0 aliphatic carbocycles. The van der Waals surface area contributed by atoms with E-state index in [1.54, 1.807) is 0 Å². The third-order valence-electron chi connectivity index (χ3n) is 3.55. The lowest BCUT2D eigenvalue weighted by Gasteiger charge is -2.19. The third-order valence-corrected chi connectivity index (χ3v) is 3.55. The van der Waals surface area contributed by atoms with E-state index >= 15 is 0 Å². The monoisotopic (exact) mass is 190 g/mol. The average molecular weight is 190 g/mol. The second-order valence-corrected chi connectivity index (χ2v) is 4.52. The van der Waals surface area contributed by atoms with Gasteiger partial charge in [-0.3, -0.25) is 0 Å². The summed E-state index contributed by atoms with van der Waals surface area (Å²) in [6.07, 6.45) is 1.26. The van der Waals surface area contributed by atoms with Crippen molar-refractivity contribution in [1.29, 1.82) is 0 Å². The van der Waals surface area contributed by atoms with E-state index in [0.29, 0.717) is 5.92 Å². The Kier molecular flexibility index (Phi) is 3.74. The van der Waals surface area contributed by atoms with Crippen molar-refractivity contribution in [2.24, 2.45) is 5.92 Å². The first-order chi connectivity index (χ1) is 6.56. The SMILES string of the molecule is CCC(C)C(C)c1ccc(C)c(C)c1. The molecule has 78 valence electrons. The van der Waals surface area contributed by atoms with Gasteiger partial charge in [0.1, 0.15) is 0 Å². The summed E-state index contributed by atoms with van der Waals surface area (Å²) in [5.41, 5.74) is 4.30. The Balaban J connectivity index is 2.91. The van der Waals surface area contributed by atoms with Crippen molar-refractivity contribution in [3.63, 3.8) is 0 Å². The zero-order valence-corrected chi connectivity index (χ0v) is 10.1. The van der Waals surface area contributed by atoms with E-state index in [9.17, 15) is 0 Å². The first kappa shape index (κ1) is 11.3. The summed E-state index contributed by atoms with van der Waals surface area (Å²) in [4.78, 5) is 0. The second kappa shape index (κ2) is 4.63. The van der Waals surface area contributed by atoms with Crippen LogP contribution in [-0.2, 0) is 0 Å². The van der Waals surface area contributed by atoms with E-state index in [0.717, 1.165) is 5.92 Å². The number of benzene rings is 1. The highest BCUT2D eigenvalue weighted by Crippen LogP contribution is 2.27. The maximum Gasteiger partial charge on any atom is -0.0165 e. The van der Waals surface area contributed by atoms with Crippen molar-refractivity contribution in [3.05, 3.63) is 34.9 Å². The summed E-state index contributed by atoms with van der Waals surface area (Å²) in [5, 5.41) is 0. The normalized spacial score (nSPS) is 15.2. The Morgan fingerprint density at radius 3 is 2.21 bits per heavy atom. The second-order valence-electron chi connectivity index (χ2n) is 4.52. The van der Waals surface area contributed by atoms with Crippen LogP contribution in [0.5, 0.6) is 0 Å². The van der Waals surface area contributed by atoms with Crippen LogP contribution in [0, 0.1) is 19.8 Å². The van der Waals surface area contributed by atoms with E-state index in [1.807, 2.05) is 0 Å². The molecule has 0 aliphatic rings. The maximum absolute atomic E-state index is 2.34. The lowest BCUT2D eigenvalue weighted by Crippen LogP contribution is -2.05. The third kappa shape index (κ3) is 2.37. The van der Waals surface area contributed by atoms with Crippen LogP contribution in [-0.4, -0.2) is 0 Å². The molecule has 2 unspecified atom stereocenters. The summed E-state index contributed by atoms with van der Waals surface area (Å²) < 4.78 is 0. The molecule has 0 aromatic heterocycles. The minimum Gasteiger partial charge on any atom is -0.0651 e. The number of aryl methyl sites for hydroxylation is 2. The van der Waals surface area contributed by atoms with Crippen molar-refractivity contribution in [1.82, 2.24) is 0 Å². The summed E-state index contributed by atoms with van der Waals surface area (Å²) >= 11 is 0. The molecule has 0 N–H and O–H groups in total. The molecule has 0 saturated heterocycles. The van der Waals surface area contributed by atoms with Gasteiger partial charge in [-0.05, 0) is 42.4 Å². The van der Waals surface area contributed by atoms with Crippen LogP contribution in [0.15, 0.2) is 18.2 Å². The number of rotatable bonds is 3. The summed E-state index contributed by atoms with van der Waals surface area (Å²) in [5.74, 6) is 1.46. The highest BCUT2D eigenvalue weighted by atomic mass is 14.2. The highest BCUT2D eigenvalue weighted by molar-refractivity contribution is 5.31. The van der Waals surface area contributed by atoms with Gasteiger partial charge in [0, 0.05) is 0 Å². The minimum absolute atomic E-state index is 0.680. The van der Waals surface area contributed by atoms with Crippen LogP contribution in [0.1, 0.15) is 49.8 Å². The van der Waals surface area contributed by atoms with Gasteiger partial charge >= 0.3 is 0 Å². The number of hydrogen-bond acceptors (Lipinski definition) is 0. The van der Waals surface area contributed by atoms with Crippen molar-refractivity contribution < 1.29 is 0 Å². The van der Waals surface area contributed by atoms with Gasteiger partial charge in [0.25, 0.3) is 0 Å². The fourth-order valence-corrected chi connectivity index (χ4v) is 1.73. The fraction of sp³-hybridized carbons (Fsp3) is 0.571. The molecule has 0 heteroatoms. The number of hydrogen-bond donors (Lipinski definition) is 0. The van der Waals surface area contributed by atoms with Gasteiger partial charge in [0.05, 0.1) is 0 Å². The van der Waals surface area contributed by atoms with Crippen molar-refractivity contribution in [2.45, 2.75) is 47.0 Å². The molecule has 1 aromatic carbocycles. The van der Waals surface area contributed by atoms with Gasteiger partial charge < -0.3 is 0 Å². The van der Waals surface area contributed by atoms with Crippen LogP contribution in [0.4, 0.5) is 0 Å². The smallest absolute Gasteiger partial charge is 0.0165 e. The highest BCUT2D eigenvalue weighted by Gasteiger charge is 2.12. The zero-order valence-electron chi connectivity index (χ0n) is 10.1. The Bertz CT molecular complexity index is 299. The predicted octanol–water partition coefficient (Wildman–Crippen LogP) is 4.45. The quantitative estimate of drug-likeness (QED) is 0.660. The molecule has 0 amide bonds. The summed E-state index contributed by atoms with van der Waals surface area (Å²) in [6, 6.07) is 6.86. The van der Waals surface area contributed by atoms with Crippen molar-refractivity contribution in [3.8, 4) is 0 Å². The van der Waals surface area contributed by atoms with E-state index in [1.165, 1.54) is 23.1 Å². The molecule has 0 aliphatic heterocycles. The van der Waals surface area contributed by atoms with Gasteiger partial charge in [-0.15, -0.1) is 0 Å². The lowest BCUT2D eigenvalue weighted by molar-refractivity contribution is 0.473. The van der Waals surface area contributed by atoms with Crippen LogP contribution in [0.25, 0.3) is 0 Å². The molecular weight excluding hydrogens is 168 g/mol. The largest absolute Gasteiger partial charge is 0.0651 e. The molecule has 0 saturated carbocycles. The Morgan fingerprint density at radius 1 is 1.07 bits per heavy atom. The first-order valence-corrected chi connectivity index (χ1v) is 5.63.